The van der Waals surface area contributed by atoms with Crippen molar-refractivity contribution in [2.75, 3.05) is 23.0 Å². The number of rotatable bonds is 10. The molecule has 0 aliphatic rings. The van der Waals surface area contributed by atoms with Gasteiger partial charge >= 0.3 is 18.0 Å². The smallest absolute Gasteiger partial charge is 0.335 e. The van der Waals surface area contributed by atoms with Gasteiger partial charge in [-0.1, -0.05) is 36.5 Å². The van der Waals surface area contributed by atoms with Crippen molar-refractivity contribution < 1.29 is 24.2 Å². The SMILES string of the molecule is CCCCc1cc(NC(=O)Nc2ccc(Oc3ccnc(NC(=O)NC)c3)c(Cl)c2Cl)n(-c2ccc(C(=O)O)cc2)n1. The molecule has 218 valence electrons. The lowest BCUT2D eigenvalue weighted by Crippen LogP contribution is -2.24. The molecule has 5 N–H and O–H groups in total. The first-order valence-electron chi connectivity index (χ1n) is 12.8. The number of unbranched alkanes of at least 4 members (excludes halogenated alkanes) is 1. The number of pyridine rings is 1. The molecule has 4 aromatic rings. The average molecular weight is 612 g/mol. The van der Waals surface area contributed by atoms with Crippen LogP contribution in [0.25, 0.3) is 5.69 Å². The first-order valence-corrected chi connectivity index (χ1v) is 13.6. The van der Waals surface area contributed by atoms with Gasteiger partial charge in [-0.15, -0.1) is 0 Å². The van der Waals surface area contributed by atoms with Gasteiger partial charge in [0.1, 0.15) is 28.2 Å². The number of nitrogens with zero attached hydrogens (tertiary/aromatic N) is 3. The van der Waals surface area contributed by atoms with Gasteiger partial charge in [-0.05, 0) is 55.3 Å². The van der Waals surface area contributed by atoms with Gasteiger partial charge < -0.3 is 20.5 Å². The number of anilines is 3. The van der Waals surface area contributed by atoms with E-state index in [1.807, 2.05) is 0 Å². The molecule has 0 atom stereocenters. The molecule has 0 radical (unpaired) electrons. The number of carbonyl (C=O) groups excluding carboxylic acids is 2. The van der Waals surface area contributed by atoms with Crippen molar-refractivity contribution >= 4 is 58.6 Å². The number of aromatic carboxylic acids is 1. The summed E-state index contributed by atoms with van der Waals surface area (Å²) in [6.07, 6.45) is 4.04. The van der Waals surface area contributed by atoms with Crippen LogP contribution < -0.4 is 26.0 Å². The highest BCUT2D eigenvalue weighted by Crippen LogP contribution is 2.39. The Kier molecular flexibility index (Phi) is 9.84. The number of hydrogen-bond acceptors (Lipinski definition) is 6. The highest BCUT2D eigenvalue weighted by molar-refractivity contribution is 6.45. The minimum absolute atomic E-state index is 0.0449. The number of aromatic nitrogens is 3. The van der Waals surface area contributed by atoms with E-state index in [9.17, 15) is 19.5 Å². The number of benzene rings is 2. The Labute approximate surface area is 251 Å². The molecule has 0 spiro atoms. The molecule has 12 nitrogen and oxygen atoms in total. The summed E-state index contributed by atoms with van der Waals surface area (Å²) in [4.78, 5) is 39.8. The predicted molar refractivity (Wildman–Crippen MR) is 161 cm³/mol. The number of carboxylic acid groups (broad SMARTS) is 1. The topological polar surface area (TPSA) is 160 Å². The maximum atomic E-state index is 13.0. The summed E-state index contributed by atoms with van der Waals surface area (Å²) in [7, 11) is 1.48. The highest BCUT2D eigenvalue weighted by Gasteiger charge is 2.17. The molecule has 0 aliphatic carbocycles. The lowest BCUT2D eigenvalue weighted by Gasteiger charge is -2.14. The monoisotopic (exact) mass is 611 g/mol. The summed E-state index contributed by atoms with van der Waals surface area (Å²) in [6, 6.07) is 13.0. The zero-order chi connectivity index (χ0) is 30.2. The summed E-state index contributed by atoms with van der Waals surface area (Å²) in [5.41, 5.74) is 1.70. The van der Waals surface area contributed by atoms with Crippen LogP contribution >= 0.6 is 23.2 Å². The summed E-state index contributed by atoms with van der Waals surface area (Å²) in [5.74, 6) is 0.157. The molecular weight excluding hydrogens is 585 g/mol. The van der Waals surface area contributed by atoms with Crippen molar-refractivity contribution in [2.45, 2.75) is 26.2 Å². The van der Waals surface area contributed by atoms with Gasteiger partial charge in [0.05, 0.1) is 27.7 Å². The minimum Gasteiger partial charge on any atom is -0.478 e. The van der Waals surface area contributed by atoms with Crippen LogP contribution in [0.3, 0.4) is 0 Å². The second kappa shape index (κ2) is 13.7. The summed E-state index contributed by atoms with van der Waals surface area (Å²) in [6.45, 7) is 2.07. The third-order valence-electron chi connectivity index (χ3n) is 5.87. The summed E-state index contributed by atoms with van der Waals surface area (Å²) in [5, 5.41) is 24.3. The molecule has 0 saturated carbocycles. The minimum atomic E-state index is -1.04. The van der Waals surface area contributed by atoms with Gasteiger partial charge in [-0.25, -0.2) is 24.0 Å². The van der Waals surface area contributed by atoms with Gasteiger partial charge in [0.25, 0.3) is 0 Å². The molecule has 4 rings (SSSR count). The molecule has 0 bridgehead atoms. The first kappa shape index (κ1) is 30.2. The fraction of sp³-hybridized carbons (Fsp3) is 0.179. The highest BCUT2D eigenvalue weighted by atomic mass is 35.5. The molecule has 14 heteroatoms. The molecule has 2 aromatic heterocycles. The predicted octanol–water partition coefficient (Wildman–Crippen LogP) is 6.80. The maximum Gasteiger partial charge on any atom is 0.335 e. The van der Waals surface area contributed by atoms with Crippen molar-refractivity contribution in [1.29, 1.82) is 0 Å². The molecular formula is C28H27Cl2N7O5. The zero-order valence-corrected chi connectivity index (χ0v) is 24.1. The number of amides is 4. The Bertz CT molecular complexity index is 1610. The van der Waals surface area contributed by atoms with E-state index in [1.54, 1.807) is 24.3 Å². The van der Waals surface area contributed by atoms with Crippen LogP contribution in [0.2, 0.25) is 10.0 Å². The number of ether oxygens (including phenoxy) is 1. The van der Waals surface area contributed by atoms with Gasteiger partial charge in [-0.2, -0.15) is 5.10 Å². The van der Waals surface area contributed by atoms with Crippen molar-refractivity contribution in [1.82, 2.24) is 20.1 Å². The molecule has 4 amide bonds. The van der Waals surface area contributed by atoms with E-state index in [-0.39, 0.29) is 32.9 Å². The number of carbonyl (C=O) groups is 3. The van der Waals surface area contributed by atoms with Crippen LogP contribution in [-0.4, -0.2) is 45.0 Å². The fourth-order valence-electron chi connectivity index (χ4n) is 3.77. The lowest BCUT2D eigenvalue weighted by atomic mass is 10.2. The Balaban J connectivity index is 1.50. The number of urea groups is 2. The van der Waals surface area contributed by atoms with Crippen molar-refractivity contribution in [3.05, 3.63) is 82.1 Å². The standard InChI is InChI=1S/C28H27Cl2N7O5/c1-3-4-5-17-14-23(37(36-17)18-8-6-16(7-9-18)26(38)39)35-28(41)33-20-10-11-21(25(30)24(20)29)42-19-12-13-32-22(15-19)34-27(40)31-2/h6-15H,3-5H2,1-2H3,(H,38,39)(H2,33,35,41)(H2,31,32,34,40). The summed E-state index contributed by atoms with van der Waals surface area (Å²) < 4.78 is 7.35. The second-order valence-corrected chi connectivity index (χ2v) is 9.65. The van der Waals surface area contributed by atoms with E-state index in [0.717, 1.165) is 18.5 Å². The molecule has 0 aliphatic heterocycles. The van der Waals surface area contributed by atoms with Gasteiger partial charge in [-0.3, -0.25) is 10.6 Å². The first-order chi connectivity index (χ1) is 20.2. The van der Waals surface area contributed by atoms with E-state index < -0.39 is 18.0 Å². The molecule has 2 aromatic carbocycles. The van der Waals surface area contributed by atoms with Crippen LogP contribution in [0.4, 0.5) is 26.9 Å². The molecule has 0 fully saturated rings. The fourth-order valence-corrected chi connectivity index (χ4v) is 4.17. The van der Waals surface area contributed by atoms with Crippen molar-refractivity contribution in [3.8, 4) is 17.2 Å². The van der Waals surface area contributed by atoms with E-state index in [4.69, 9.17) is 27.9 Å². The van der Waals surface area contributed by atoms with Crippen LogP contribution in [0.15, 0.2) is 60.8 Å². The third-order valence-corrected chi connectivity index (χ3v) is 6.73. The average Bonchev–Trinajstić information content (AvgIpc) is 3.38. The number of hydrogen-bond donors (Lipinski definition) is 5. The summed E-state index contributed by atoms with van der Waals surface area (Å²) >= 11 is 12.9. The Morgan fingerprint density at radius 3 is 2.40 bits per heavy atom. The van der Waals surface area contributed by atoms with E-state index >= 15 is 0 Å². The Hall–Kier alpha value is -4.81. The maximum absolute atomic E-state index is 13.0. The molecule has 2 heterocycles. The van der Waals surface area contributed by atoms with Crippen LogP contribution in [0, 0.1) is 0 Å². The van der Waals surface area contributed by atoms with Gasteiger partial charge in [0.2, 0.25) is 0 Å². The number of nitrogens with one attached hydrogen (secondary N) is 4. The lowest BCUT2D eigenvalue weighted by molar-refractivity contribution is 0.0697. The largest absolute Gasteiger partial charge is 0.478 e. The number of aryl methyl sites for hydroxylation is 1. The molecule has 0 saturated heterocycles. The van der Waals surface area contributed by atoms with Gasteiger partial charge in [0.15, 0.2) is 0 Å². The Morgan fingerprint density at radius 1 is 0.952 bits per heavy atom. The Morgan fingerprint density at radius 2 is 1.71 bits per heavy atom. The normalized spacial score (nSPS) is 10.6. The van der Waals surface area contributed by atoms with Crippen LogP contribution in [0.1, 0.15) is 35.8 Å². The van der Waals surface area contributed by atoms with E-state index in [0.29, 0.717) is 23.7 Å². The van der Waals surface area contributed by atoms with Crippen molar-refractivity contribution in [3.63, 3.8) is 0 Å². The van der Waals surface area contributed by atoms with E-state index in [2.05, 4.69) is 38.3 Å². The number of halogens is 2. The van der Waals surface area contributed by atoms with Crippen molar-refractivity contribution in [2.24, 2.45) is 0 Å². The quantitative estimate of drug-likeness (QED) is 0.132. The van der Waals surface area contributed by atoms with Gasteiger partial charge in [0, 0.05) is 25.4 Å². The number of carboxylic acids is 1. The third kappa shape index (κ3) is 7.47. The van der Waals surface area contributed by atoms with Crippen LogP contribution in [-0.2, 0) is 6.42 Å². The molecule has 0 unspecified atom stereocenters. The zero-order valence-electron chi connectivity index (χ0n) is 22.6. The van der Waals surface area contributed by atoms with E-state index in [1.165, 1.54) is 48.3 Å². The van der Waals surface area contributed by atoms with Crippen LogP contribution in [0.5, 0.6) is 11.5 Å². The molecule has 42 heavy (non-hydrogen) atoms. The second-order valence-electron chi connectivity index (χ2n) is 8.89.